The van der Waals surface area contributed by atoms with E-state index in [1.54, 1.807) is 23.1 Å². The van der Waals surface area contributed by atoms with Crippen LogP contribution in [0.1, 0.15) is 23.1 Å². The zero-order valence-electron chi connectivity index (χ0n) is 15.0. The third-order valence-electron chi connectivity index (χ3n) is 4.25. The highest BCUT2D eigenvalue weighted by atomic mass is 32.2. The molecule has 1 amide bonds. The van der Waals surface area contributed by atoms with Crippen LogP contribution in [0.4, 0.5) is 0 Å². The number of nitrogens with zero attached hydrogens (tertiary/aromatic N) is 2. The van der Waals surface area contributed by atoms with Crippen LogP contribution in [-0.4, -0.2) is 16.2 Å². The lowest BCUT2D eigenvalue weighted by molar-refractivity contribution is -0.117. The van der Waals surface area contributed by atoms with Crippen LogP contribution >= 0.6 is 23.1 Å². The minimum absolute atomic E-state index is 0.0600. The average Bonchev–Trinajstić information content (AvgIpc) is 2.85. The Hall–Kier alpha value is -1.85. The fourth-order valence-electron chi connectivity index (χ4n) is 2.54. The summed E-state index contributed by atoms with van der Waals surface area (Å²) < 4.78 is 3.18. The first kappa shape index (κ1) is 18.0. The molecule has 3 nitrogen and oxygen atoms in total. The number of thioether (sulfide) groups is 1. The largest absolute Gasteiger partial charge is 0.319 e. The van der Waals surface area contributed by atoms with Gasteiger partial charge in [-0.2, -0.15) is 4.99 Å². The van der Waals surface area contributed by atoms with Crippen LogP contribution in [0.2, 0.25) is 0 Å². The highest BCUT2D eigenvalue weighted by Gasteiger charge is 2.07. The molecule has 0 saturated heterocycles. The predicted molar refractivity (Wildman–Crippen MR) is 107 cm³/mol. The van der Waals surface area contributed by atoms with Gasteiger partial charge in [0.15, 0.2) is 4.80 Å². The van der Waals surface area contributed by atoms with Gasteiger partial charge in [0.05, 0.1) is 10.2 Å². The molecule has 0 N–H and O–H groups in total. The molecule has 3 rings (SSSR count). The number of benzene rings is 2. The molecule has 3 aromatic rings. The number of aryl methyl sites for hydroxylation is 4. The summed E-state index contributed by atoms with van der Waals surface area (Å²) in [5.41, 5.74) is 4.90. The first-order chi connectivity index (χ1) is 11.9. The summed E-state index contributed by atoms with van der Waals surface area (Å²) in [5, 5.41) is 0. The molecule has 0 aliphatic carbocycles. The average molecular weight is 371 g/mol. The number of carbonyl (C=O) groups is 1. The van der Waals surface area contributed by atoms with Gasteiger partial charge in [0.25, 0.3) is 0 Å². The highest BCUT2D eigenvalue weighted by Crippen LogP contribution is 2.21. The van der Waals surface area contributed by atoms with Crippen molar-refractivity contribution in [3.8, 4) is 0 Å². The van der Waals surface area contributed by atoms with Crippen molar-refractivity contribution in [1.82, 2.24) is 4.57 Å². The van der Waals surface area contributed by atoms with E-state index >= 15 is 0 Å². The van der Waals surface area contributed by atoms with Crippen molar-refractivity contribution >= 4 is 39.2 Å². The van der Waals surface area contributed by atoms with Crippen molar-refractivity contribution in [1.29, 1.82) is 0 Å². The molecule has 2 aromatic carbocycles. The molecule has 0 fully saturated rings. The van der Waals surface area contributed by atoms with Gasteiger partial charge in [-0.25, -0.2) is 0 Å². The van der Waals surface area contributed by atoms with Gasteiger partial charge in [0.2, 0.25) is 5.91 Å². The number of rotatable bonds is 4. The lowest BCUT2D eigenvalue weighted by atomic mass is 10.1. The zero-order valence-corrected chi connectivity index (χ0v) is 16.6. The second kappa shape index (κ2) is 7.58. The van der Waals surface area contributed by atoms with Crippen molar-refractivity contribution in [2.24, 2.45) is 12.0 Å². The maximum Gasteiger partial charge on any atom is 0.249 e. The number of hydrogen-bond acceptors (Lipinski definition) is 3. The van der Waals surface area contributed by atoms with E-state index in [1.165, 1.54) is 26.3 Å². The Morgan fingerprint density at radius 3 is 2.52 bits per heavy atom. The van der Waals surface area contributed by atoms with E-state index in [0.29, 0.717) is 6.42 Å². The van der Waals surface area contributed by atoms with Crippen LogP contribution in [0.25, 0.3) is 10.2 Å². The summed E-state index contributed by atoms with van der Waals surface area (Å²) in [6, 6.07) is 12.7. The van der Waals surface area contributed by atoms with Crippen molar-refractivity contribution in [2.75, 3.05) is 5.75 Å². The first-order valence-electron chi connectivity index (χ1n) is 8.28. The number of aromatic nitrogens is 1. The Labute approximate surface area is 156 Å². The van der Waals surface area contributed by atoms with Gasteiger partial charge in [-0.05, 0) is 56.2 Å². The Bertz CT molecular complexity index is 981. The third-order valence-corrected chi connectivity index (χ3v) is 6.36. The summed E-state index contributed by atoms with van der Waals surface area (Å²) >= 11 is 3.27. The maximum absolute atomic E-state index is 12.2. The van der Waals surface area contributed by atoms with Gasteiger partial charge in [0, 0.05) is 24.1 Å². The molecule has 25 heavy (non-hydrogen) atoms. The summed E-state index contributed by atoms with van der Waals surface area (Å²) in [7, 11) is 1.97. The molecule has 0 unspecified atom stereocenters. The monoisotopic (exact) mass is 370 g/mol. The fourth-order valence-corrected chi connectivity index (χ4v) is 4.50. The number of amides is 1. The van der Waals surface area contributed by atoms with Gasteiger partial charge < -0.3 is 4.57 Å². The quantitative estimate of drug-likeness (QED) is 0.620. The fraction of sp³-hybridized carbons (Fsp3) is 0.300. The third kappa shape index (κ3) is 4.22. The Balaban J connectivity index is 1.71. The SMILES string of the molecule is Cc1ccc(SCCC(=O)N=c2sc3cc(C)c(C)cc3n2C)cc1. The molecule has 0 spiro atoms. The van der Waals surface area contributed by atoms with E-state index in [-0.39, 0.29) is 5.91 Å². The lowest BCUT2D eigenvalue weighted by Crippen LogP contribution is -2.13. The van der Waals surface area contributed by atoms with Crippen molar-refractivity contribution in [2.45, 2.75) is 32.1 Å². The molecule has 0 radical (unpaired) electrons. The smallest absolute Gasteiger partial charge is 0.249 e. The van der Waals surface area contributed by atoms with E-state index in [1.807, 2.05) is 11.6 Å². The maximum atomic E-state index is 12.2. The van der Waals surface area contributed by atoms with Crippen molar-refractivity contribution in [3.05, 3.63) is 57.9 Å². The molecule has 0 atom stereocenters. The van der Waals surface area contributed by atoms with E-state index in [2.05, 4.69) is 62.2 Å². The van der Waals surface area contributed by atoms with Crippen molar-refractivity contribution < 1.29 is 4.79 Å². The molecular formula is C20H22N2OS2. The minimum atomic E-state index is -0.0600. The first-order valence-corrected chi connectivity index (χ1v) is 10.1. The van der Waals surface area contributed by atoms with Gasteiger partial charge in [-0.15, -0.1) is 11.8 Å². The standard InChI is InChI=1S/C20H22N2OS2/c1-13-5-7-16(8-6-13)24-10-9-19(23)21-20-22(4)17-11-14(2)15(3)12-18(17)25-20/h5-8,11-12H,9-10H2,1-4H3. The van der Waals surface area contributed by atoms with Gasteiger partial charge in [0.1, 0.15) is 0 Å². The molecule has 0 aliphatic heterocycles. The van der Waals surface area contributed by atoms with Crippen LogP contribution in [0, 0.1) is 20.8 Å². The predicted octanol–water partition coefficient (Wildman–Crippen LogP) is 4.77. The van der Waals surface area contributed by atoms with E-state index < -0.39 is 0 Å². The second-order valence-corrected chi connectivity index (χ2v) is 8.44. The molecule has 5 heteroatoms. The molecule has 130 valence electrons. The molecule has 0 bridgehead atoms. The number of fused-ring (bicyclic) bond motifs is 1. The van der Waals surface area contributed by atoms with Gasteiger partial charge >= 0.3 is 0 Å². The summed E-state index contributed by atoms with van der Waals surface area (Å²) in [4.78, 5) is 18.5. The van der Waals surface area contributed by atoms with Crippen molar-refractivity contribution in [3.63, 3.8) is 0 Å². The number of thiazole rings is 1. The number of carbonyl (C=O) groups excluding carboxylic acids is 1. The molecule has 1 aromatic heterocycles. The zero-order chi connectivity index (χ0) is 18.0. The molecule has 0 aliphatic rings. The topological polar surface area (TPSA) is 34.4 Å². The van der Waals surface area contributed by atoms with Gasteiger partial charge in [-0.1, -0.05) is 29.0 Å². The van der Waals surface area contributed by atoms with E-state index in [4.69, 9.17) is 0 Å². The van der Waals surface area contributed by atoms with Crippen LogP contribution in [0.3, 0.4) is 0 Å². The van der Waals surface area contributed by atoms with Crippen LogP contribution in [0.5, 0.6) is 0 Å². The molecular weight excluding hydrogens is 348 g/mol. The Kier molecular flexibility index (Phi) is 5.45. The lowest BCUT2D eigenvalue weighted by Gasteiger charge is -2.01. The normalized spacial score (nSPS) is 12.1. The Morgan fingerprint density at radius 1 is 1.12 bits per heavy atom. The highest BCUT2D eigenvalue weighted by molar-refractivity contribution is 7.99. The molecule has 1 heterocycles. The Morgan fingerprint density at radius 2 is 1.80 bits per heavy atom. The minimum Gasteiger partial charge on any atom is -0.319 e. The van der Waals surface area contributed by atoms with Crippen LogP contribution in [-0.2, 0) is 11.8 Å². The second-order valence-electron chi connectivity index (χ2n) is 6.26. The summed E-state index contributed by atoms with van der Waals surface area (Å²) in [6.45, 7) is 6.29. The summed E-state index contributed by atoms with van der Waals surface area (Å²) in [5.74, 6) is 0.688. The van der Waals surface area contributed by atoms with Gasteiger partial charge in [-0.3, -0.25) is 4.79 Å². The molecule has 0 saturated carbocycles. The summed E-state index contributed by atoms with van der Waals surface area (Å²) in [6.07, 6.45) is 0.449. The van der Waals surface area contributed by atoms with Crippen LogP contribution in [0.15, 0.2) is 46.3 Å². The van der Waals surface area contributed by atoms with E-state index in [0.717, 1.165) is 16.1 Å². The number of hydrogen-bond donors (Lipinski definition) is 0. The van der Waals surface area contributed by atoms with Crippen LogP contribution < -0.4 is 4.80 Å². The van der Waals surface area contributed by atoms with E-state index in [9.17, 15) is 4.79 Å².